The number of hydrogen-bond donors (Lipinski definition) is 1. The molecule has 0 amide bonds. The fraction of sp³-hybridized carbons (Fsp3) is 0.933. The highest BCUT2D eigenvalue weighted by atomic mass is 16.5. The van der Waals surface area contributed by atoms with E-state index in [-0.39, 0.29) is 0 Å². The fourth-order valence-corrected chi connectivity index (χ4v) is 2.79. The minimum Gasteiger partial charge on any atom is -0.384 e. The number of hydrogen-bond acceptors (Lipinski definition) is 4. The number of nitrogens with zero attached hydrogens (tertiary/aromatic N) is 2. The van der Waals surface area contributed by atoms with Gasteiger partial charge in [-0.05, 0) is 59.0 Å². The van der Waals surface area contributed by atoms with Crippen molar-refractivity contribution in [1.82, 2.24) is 10.2 Å². The number of ether oxygens (including phenoxy) is 1. The molecule has 0 aromatic rings. The van der Waals surface area contributed by atoms with Gasteiger partial charge in [0.2, 0.25) is 0 Å². The van der Waals surface area contributed by atoms with E-state index in [4.69, 9.17) is 4.74 Å². The highest BCUT2D eigenvalue weighted by Gasteiger charge is 2.26. The van der Waals surface area contributed by atoms with Crippen LogP contribution in [0.4, 0.5) is 0 Å². The van der Waals surface area contributed by atoms with Crippen molar-refractivity contribution < 1.29 is 4.74 Å². The molecule has 0 aromatic heterocycles. The second kappa shape index (κ2) is 7.84. The number of methoxy groups -OCH3 is 1. The van der Waals surface area contributed by atoms with Crippen molar-refractivity contribution in [3.05, 3.63) is 0 Å². The predicted octanol–water partition coefficient (Wildman–Crippen LogP) is 2.02. The molecule has 0 saturated carbocycles. The van der Waals surface area contributed by atoms with Gasteiger partial charge in [0.1, 0.15) is 5.54 Å². The zero-order valence-corrected chi connectivity index (χ0v) is 12.9. The first kappa shape index (κ1) is 16.4. The Kier molecular flexibility index (Phi) is 6.78. The van der Waals surface area contributed by atoms with Crippen LogP contribution in [0.2, 0.25) is 0 Å². The highest BCUT2D eigenvalue weighted by Crippen LogP contribution is 2.19. The summed E-state index contributed by atoms with van der Waals surface area (Å²) in [5.74, 6) is 0.720. The van der Waals surface area contributed by atoms with E-state index in [1.807, 2.05) is 6.92 Å². The Morgan fingerprint density at radius 3 is 2.53 bits per heavy atom. The average Bonchev–Trinajstić information content (AvgIpc) is 2.38. The maximum Gasteiger partial charge on any atom is 0.105 e. The first-order valence-corrected chi connectivity index (χ1v) is 7.39. The standard InChI is InChI=1S/C15H29N3O/c1-13(2)17-15(3,12-16)7-10-18-8-5-14(6-9-18)11-19-4/h13-14,17H,5-11H2,1-4H3. The summed E-state index contributed by atoms with van der Waals surface area (Å²) < 4.78 is 5.22. The third-order valence-corrected chi connectivity index (χ3v) is 3.89. The predicted molar refractivity (Wildman–Crippen MR) is 77.9 cm³/mol. The third kappa shape index (κ3) is 5.90. The van der Waals surface area contributed by atoms with Gasteiger partial charge in [0.25, 0.3) is 0 Å². The lowest BCUT2D eigenvalue weighted by atomic mass is 9.95. The van der Waals surface area contributed by atoms with Gasteiger partial charge in [-0.3, -0.25) is 5.32 Å². The molecule has 1 heterocycles. The normalized spacial score (nSPS) is 21.3. The molecule has 0 bridgehead atoms. The molecule has 1 N–H and O–H groups in total. The van der Waals surface area contributed by atoms with E-state index in [0.717, 1.165) is 38.6 Å². The van der Waals surface area contributed by atoms with Crippen LogP contribution >= 0.6 is 0 Å². The molecular weight excluding hydrogens is 238 g/mol. The summed E-state index contributed by atoms with van der Waals surface area (Å²) in [4.78, 5) is 2.48. The van der Waals surface area contributed by atoms with Crippen molar-refractivity contribution in [3.63, 3.8) is 0 Å². The number of nitrogens with one attached hydrogen (secondary N) is 1. The molecule has 0 radical (unpaired) electrons. The Balaban J connectivity index is 2.31. The summed E-state index contributed by atoms with van der Waals surface area (Å²) in [5.41, 5.74) is -0.405. The molecular formula is C15H29N3O. The molecule has 4 nitrogen and oxygen atoms in total. The fourth-order valence-electron chi connectivity index (χ4n) is 2.79. The lowest BCUT2D eigenvalue weighted by Crippen LogP contribution is -2.48. The smallest absolute Gasteiger partial charge is 0.105 e. The molecule has 1 saturated heterocycles. The van der Waals surface area contributed by atoms with E-state index in [0.29, 0.717) is 6.04 Å². The minimum atomic E-state index is -0.405. The number of nitriles is 1. The summed E-state index contributed by atoms with van der Waals surface area (Å²) in [6, 6.07) is 2.77. The monoisotopic (exact) mass is 267 g/mol. The van der Waals surface area contributed by atoms with Gasteiger partial charge in [-0.2, -0.15) is 5.26 Å². The molecule has 0 aromatic carbocycles. The molecule has 1 rings (SSSR count). The summed E-state index contributed by atoms with van der Waals surface area (Å²) in [6.07, 6.45) is 3.32. The summed E-state index contributed by atoms with van der Waals surface area (Å²) in [7, 11) is 1.78. The number of piperidine rings is 1. The van der Waals surface area contributed by atoms with E-state index in [1.54, 1.807) is 7.11 Å². The van der Waals surface area contributed by atoms with E-state index in [1.165, 1.54) is 12.8 Å². The van der Waals surface area contributed by atoms with Gasteiger partial charge in [0.15, 0.2) is 0 Å². The number of likely N-dealkylation sites (tertiary alicyclic amines) is 1. The summed E-state index contributed by atoms with van der Waals surface area (Å²) in [5, 5.41) is 12.7. The van der Waals surface area contributed by atoms with Gasteiger partial charge in [-0.25, -0.2) is 0 Å². The lowest BCUT2D eigenvalue weighted by molar-refractivity contribution is 0.0964. The van der Waals surface area contributed by atoms with Crippen molar-refractivity contribution in [1.29, 1.82) is 5.26 Å². The van der Waals surface area contributed by atoms with Crippen LogP contribution in [0, 0.1) is 17.2 Å². The van der Waals surface area contributed by atoms with E-state index in [2.05, 4.69) is 30.1 Å². The van der Waals surface area contributed by atoms with Crippen LogP contribution in [-0.2, 0) is 4.74 Å². The second-order valence-corrected chi connectivity index (χ2v) is 6.23. The van der Waals surface area contributed by atoms with Crippen LogP contribution in [0.1, 0.15) is 40.0 Å². The molecule has 19 heavy (non-hydrogen) atoms. The van der Waals surface area contributed by atoms with Gasteiger partial charge in [0, 0.05) is 26.3 Å². The first-order valence-electron chi connectivity index (χ1n) is 7.39. The summed E-state index contributed by atoms with van der Waals surface area (Å²) >= 11 is 0. The Labute approximate surface area is 118 Å². The second-order valence-electron chi connectivity index (χ2n) is 6.23. The molecule has 1 unspecified atom stereocenters. The molecule has 4 heteroatoms. The maximum absolute atomic E-state index is 9.33. The molecule has 0 aliphatic carbocycles. The topological polar surface area (TPSA) is 48.3 Å². The van der Waals surface area contributed by atoms with Crippen molar-refractivity contribution in [2.24, 2.45) is 5.92 Å². The third-order valence-electron chi connectivity index (χ3n) is 3.89. The van der Waals surface area contributed by atoms with E-state index in [9.17, 15) is 5.26 Å². The minimum absolute atomic E-state index is 0.345. The largest absolute Gasteiger partial charge is 0.384 e. The van der Waals surface area contributed by atoms with Crippen LogP contribution < -0.4 is 5.32 Å². The van der Waals surface area contributed by atoms with Crippen LogP contribution in [0.15, 0.2) is 0 Å². The van der Waals surface area contributed by atoms with Crippen LogP contribution in [-0.4, -0.2) is 49.8 Å². The lowest BCUT2D eigenvalue weighted by Gasteiger charge is -2.34. The van der Waals surface area contributed by atoms with Crippen molar-refractivity contribution in [2.75, 3.05) is 33.4 Å². The first-order chi connectivity index (χ1) is 8.99. The van der Waals surface area contributed by atoms with Crippen molar-refractivity contribution in [3.8, 4) is 6.07 Å². The quantitative estimate of drug-likeness (QED) is 0.766. The van der Waals surface area contributed by atoms with Gasteiger partial charge < -0.3 is 9.64 Å². The zero-order valence-electron chi connectivity index (χ0n) is 12.9. The van der Waals surface area contributed by atoms with Crippen LogP contribution in [0.3, 0.4) is 0 Å². The van der Waals surface area contributed by atoms with Gasteiger partial charge in [-0.1, -0.05) is 0 Å². The molecule has 1 aliphatic rings. The molecule has 110 valence electrons. The van der Waals surface area contributed by atoms with E-state index < -0.39 is 5.54 Å². The zero-order chi connectivity index (χ0) is 14.3. The summed E-state index contributed by atoms with van der Waals surface area (Å²) in [6.45, 7) is 10.3. The van der Waals surface area contributed by atoms with Crippen molar-refractivity contribution in [2.45, 2.75) is 51.6 Å². The molecule has 0 spiro atoms. The van der Waals surface area contributed by atoms with Gasteiger partial charge in [0.05, 0.1) is 6.07 Å². The molecule has 1 atom stereocenters. The van der Waals surface area contributed by atoms with Gasteiger partial charge in [-0.15, -0.1) is 0 Å². The van der Waals surface area contributed by atoms with Crippen molar-refractivity contribution >= 4 is 0 Å². The maximum atomic E-state index is 9.33. The Morgan fingerprint density at radius 2 is 2.05 bits per heavy atom. The van der Waals surface area contributed by atoms with Crippen LogP contribution in [0.5, 0.6) is 0 Å². The Bertz CT molecular complexity index is 292. The number of rotatable bonds is 7. The van der Waals surface area contributed by atoms with E-state index >= 15 is 0 Å². The highest BCUT2D eigenvalue weighted by molar-refractivity contribution is 5.04. The molecule has 1 aliphatic heterocycles. The van der Waals surface area contributed by atoms with Crippen LogP contribution in [0.25, 0.3) is 0 Å². The Hall–Kier alpha value is -0.630. The SMILES string of the molecule is COCC1CCN(CCC(C)(C#N)NC(C)C)CC1. The Morgan fingerprint density at radius 1 is 1.42 bits per heavy atom. The van der Waals surface area contributed by atoms with Gasteiger partial charge >= 0.3 is 0 Å². The molecule has 1 fully saturated rings. The average molecular weight is 267 g/mol.